The van der Waals surface area contributed by atoms with Gasteiger partial charge < -0.3 is 19.6 Å². The van der Waals surface area contributed by atoms with Gasteiger partial charge >= 0.3 is 0 Å². The summed E-state index contributed by atoms with van der Waals surface area (Å²) in [5.74, 6) is 0.130. The average molecular weight is 270 g/mol. The number of nitrogens with zero attached hydrogens (tertiary/aromatic N) is 2. The molecule has 0 aromatic heterocycles. The second-order valence-corrected chi connectivity index (χ2v) is 5.09. The zero-order chi connectivity index (χ0) is 13.7. The van der Waals surface area contributed by atoms with Crippen LogP contribution in [0.15, 0.2) is 0 Å². The molecule has 6 heteroatoms. The first-order valence-electron chi connectivity index (χ1n) is 6.98. The van der Waals surface area contributed by atoms with Gasteiger partial charge in [0, 0.05) is 26.1 Å². The first-order chi connectivity index (χ1) is 9.20. The van der Waals surface area contributed by atoms with Crippen LogP contribution >= 0.6 is 0 Å². The number of aliphatic hydroxyl groups excluding tert-OH is 1. The average Bonchev–Trinajstić information content (AvgIpc) is 2.82. The fourth-order valence-electron chi connectivity index (χ4n) is 2.63. The monoisotopic (exact) mass is 270 g/mol. The predicted molar refractivity (Wildman–Crippen MR) is 68.5 cm³/mol. The number of aliphatic hydroxyl groups is 1. The third-order valence-corrected chi connectivity index (χ3v) is 3.74. The van der Waals surface area contributed by atoms with E-state index in [-0.39, 0.29) is 31.1 Å². The van der Waals surface area contributed by atoms with Crippen molar-refractivity contribution in [2.75, 3.05) is 39.4 Å². The van der Waals surface area contributed by atoms with E-state index in [4.69, 9.17) is 9.84 Å². The van der Waals surface area contributed by atoms with Crippen molar-refractivity contribution in [2.24, 2.45) is 0 Å². The molecule has 2 heterocycles. The molecular formula is C13H22N2O4. The molecule has 2 amide bonds. The van der Waals surface area contributed by atoms with E-state index in [2.05, 4.69) is 0 Å². The van der Waals surface area contributed by atoms with E-state index < -0.39 is 0 Å². The smallest absolute Gasteiger partial charge is 0.242 e. The fourth-order valence-corrected chi connectivity index (χ4v) is 2.63. The molecule has 0 aromatic carbocycles. The molecule has 0 spiro atoms. The van der Waals surface area contributed by atoms with Gasteiger partial charge in [0.1, 0.15) is 0 Å². The highest BCUT2D eigenvalue weighted by Gasteiger charge is 2.27. The number of rotatable bonds is 5. The van der Waals surface area contributed by atoms with Gasteiger partial charge in [-0.3, -0.25) is 9.59 Å². The van der Waals surface area contributed by atoms with E-state index in [1.165, 1.54) is 0 Å². The SMILES string of the molecule is O=C(CN1CCCC1=O)N1CCC(OCCO)CC1. The number of ether oxygens (including phenoxy) is 1. The first-order valence-corrected chi connectivity index (χ1v) is 6.98. The Bertz CT molecular complexity index is 327. The lowest BCUT2D eigenvalue weighted by Crippen LogP contribution is -2.45. The lowest BCUT2D eigenvalue weighted by molar-refractivity contribution is -0.140. The molecule has 6 nitrogen and oxygen atoms in total. The Labute approximate surface area is 113 Å². The number of amides is 2. The van der Waals surface area contributed by atoms with E-state index in [9.17, 15) is 9.59 Å². The lowest BCUT2D eigenvalue weighted by Gasteiger charge is -2.32. The van der Waals surface area contributed by atoms with Crippen molar-refractivity contribution in [1.82, 2.24) is 9.80 Å². The Morgan fingerprint density at radius 2 is 2.05 bits per heavy atom. The Morgan fingerprint density at radius 1 is 1.32 bits per heavy atom. The molecule has 1 N–H and O–H groups in total. The molecule has 0 aliphatic carbocycles. The predicted octanol–water partition coefficient (Wildman–Crippen LogP) is -0.391. The number of carbonyl (C=O) groups excluding carboxylic acids is 2. The van der Waals surface area contributed by atoms with Gasteiger partial charge in [0.15, 0.2) is 0 Å². The molecule has 0 radical (unpaired) electrons. The van der Waals surface area contributed by atoms with Gasteiger partial charge in [0.05, 0.1) is 25.9 Å². The van der Waals surface area contributed by atoms with Crippen LogP contribution in [0.1, 0.15) is 25.7 Å². The minimum Gasteiger partial charge on any atom is -0.394 e. The fraction of sp³-hybridized carbons (Fsp3) is 0.846. The third kappa shape index (κ3) is 3.91. The van der Waals surface area contributed by atoms with E-state index in [0.29, 0.717) is 32.7 Å². The van der Waals surface area contributed by atoms with Crippen LogP contribution in [0.5, 0.6) is 0 Å². The molecule has 0 saturated carbocycles. The van der Waals surface area contributed by atoms with Gasteiger partial charge in [-0.2, -0.15) is 0 Å². The zero-order valence-corrected chi connectivity index (χ0v) is 11.2. The van der Waals surface area contributed by atoms with Crippen molar-refractivity contribution in [3.8, 4) is 0 Å². The van der Waals surface area contributed by atoms with Crippen LogP contribution in [0, 0.1) is 0 Å². The molecule has 0 aromatic rings. The van der Waals surface area contributed by atoms with Gasteiger partial charge in [0.2, 0.25) is 11.8 Å². The standard InChI is InChI=1S/C13H22N2O4/c16-8-9-19-11-3-6-14(7-4-11)13(18)10-15-5-1-2-12(15)17/h11,16H,1-10H2. The van der Waals surface area contributed by atoms with Crippen molar-refractivity contribution in [3.63, 3.8) is 0 Å². The van der Waals surface area contributed by atoms with Crippen LogP contribution in [0.2, 0.25) is 0 Å². The van der Waals surface area contributed by atoms with E-state index in [1.54, 1.807) is 4.90 Å². The van der Waals surface area contributed by atoms with Crippen LogP contribution < -0.4 is 0 Å². The van der Waals surface area contributed by atoms with Gasteiger partial charge in [-0.15, -0.1) is 0 Å². The second-order valence-electron chi connectivity index (χ2n) is 5.09. The largest absolute Gasteiger partial charge is 0.394 e. The summed E-state index contributed by atoms with van der Waals surface area (Å²) >= 11 is 0. The Kier molecular flexibility index (Phi) is 5.15. The normalized spacial score (nSPS) is 21.2. The second kappa shape index (κ2) is 6.86. The summed E-state index contributed by atoms with van der Waals surface area (Å²) in [6, 6.07) is 0. The van der Waals surface area contributed by atoms with Crippen LogP contribution in [0.4, 0.5) is 0 Å². The molecule has 19 heavy (non-hydrogen) atoms. The van der Waals surface area contributed by atoms with Gasteiger partial charge in [-0.1, -0.05) is 0 Å². The van der Waals surface area contributed by atoms with Crippen LogP contribution in [0.3, 0.4) is 0 Å². The van der Waals surface area contributed by atoms with Crippen molar-refractivity contribution >= 4 is 11.8 Å². The van der Waals surface area contributed by atoms with E-state index in [1.807, 2.05) is 4.90 Å². The first kappa shape index (κ1) is 14.3. The van der Waals surface area contributed by atoms with Gasteiger partial charge in [0.25, 0.3) is 0 Å². The number of piperidine rings is 1. The number of carbonyl (C=O) groups is 2. The summed E-state index contributed by atoms with van der Waals surface area (Å²) < 4.78 is 5.46. The lowest BCUT2D eigenvalue weighted by atomic mass is 10.1. The highest BCUT2D eigenvalue weighted by atomic mass is 16.5. The van der Waals surface area contributed by atoms with Crippen molar-refractivity contribution in [1.29, 1.82) is 0 Å². The highest BCUT2D eigenvalue weighted by Crippen LogP contribution is 2.15. The molecular weight excluding hydrogens is 248 g/mol. The molecule has 0 unspecified atom stereocenters. The van der Waals surface area contributed by atoms with Crippen LogP contribution in [0.25, 0.3) is 0 Å². The number of likely N-dealkylation sites (tertiary alicyclic amines) is 2. The Hall–Kier alpha value is -1.14. The topological polar surface area (TPSA) is 70.1 Å². The Balaban J connectivity index is 1.71. The molecule has 2 fully saturated rings. The van der Waals surface area contributed by atoms with E-state index in [0.717, 1.165) is 19.3 Å². The van der Waals surface area contributed by atoms with Crippen LogP contribution in [-0.2, 0) is 14.3 Å². The maximum Gasteiger partial charge on any atom is 0.242 e. The zero-order valence-electron chi connectivity index (χ0n) is 11.2. The van der Waals surface area contributed by atoms with Crippen molar-refractivity contribution in [2.45, 2.75) is 31.8 Å². The molecule has 2 saturated heterocycles. The summed E-state index contributed by atoms with van der Waals surface area (Å²) in [6.07, 6.45) is 3.19. The van der Waals surface area contributed by atoms with Gasteiger partial charge in [-0.05, 0) is 19.3 Å². The molecule has 0 bridgehead atoms. The van der Waals surface area contributed by atoms with Crippen molar-refractivity contribution < 1.29 is 19.4 Å². The highest BCUT2D eigenvalue weighted by molar-refractivity contribution is 5.85. The molecule has 2 aliphatic heterocycles. The maximum atomic E-state index is 12.1. The van der Waals surface area contributed by atoms with Gasteiger partial charge in [-0.25, -0.2) is 0 Å². The molecule has 2 aliphatic rings. The molecule has 0 atom stereocenters. The minimum absolute atomic E-state index is 0.0378. The summed E-state index contributed by atoms with van der Waals surface area (Å²) in [6.45, 7) is 2.69. The quantitative estimate of drug-likeness (QED) is 0.738. The Morgan fingerprint density at radius 3 is 2.63 bits per heavy atom. The number of hydrogen-bond donors (Lipinski definition) is 1. The molecule has 108 valence electrons. The third-order valence-electron chi connectivity index (χ3n) is 3.74. The summed E-state index contributed by atoms with van der Waals surface area (Å²) in [5.41, 5.74) is 0. The summed E-state index contributed by atoms with van der Waals surface area (Å²) in [7, 11) is 0. The van der Waals surface area contributed by atoms with Crippen LogP contribution in [-0.4, -0.2) is 72.2 Å². The maximum absolute atomic E-state index is 12.1. The van der Waals surface area contributed by atoms with E-state index >= 15 is 0 Å². The molecule has 2 rings (SSSR count). The number of hydrogen-bond acceptors (Lipinski definition) is 4. The summed E-state index contributed by atoms with van der Waals surface area (Å²) in [4.78, 5) is 27.0. The summed E-state index contributed by atoms with van der Waals surface area (Å²) in [5, 5.41) is 8.69. The van der Waals surface area contributed by atoms with Crippen molar-refractivity contribution in [3.05, 3.63) is 0 Å². The minimum atomic E-state index is 0.0378.